The number of benzene rings is 1. The van der Waals surface area contributed by atoms with Crippen LogP contribution in [0.5, 0.6) is 0 Å². The van der Waals surface area contributed by atoms with Crippen LogP contribution >= 0.6 is 0 Å². The lowest BCUT2D eigenvalue weighted by molar-refractivity contribution is 0.461. The summed E-state index contributed by atoms with van der Waals surface area (Å²) in [6.45, 7) is 6.72. The van der Waals surface area contributed by atoms with Gasteiger partial charge in [0.2, 0.25) is 0 Å². The molecule has 1 aliphatic carbocycles. The quantitative estimate of drug-likeness (QED) is 0.818. The molecule has 0 amide bonds. The molecule has 2 heteroatoms. The lowest BCUT2D eigenvalue weighted by Gasteiger charge is -2.18. The molecule has 2 unspecified atom stereocenters. The standard InChI is InChI=1S/C14H20FN/c1-4-12(16-13-9-14(13,2)3)10-5-7-11(15)8-6-10/h5-8,12-13,16H,4,9H2,1-3H3. The predicted molar refractivity (Wildman–Crippen MR) is 64.8 cm³/mol. The molecule has 1 fully saturated rings. The summed E-state index contributed by atoms with van der Waals surface area (Å²) in [4.78, 5) is 0. The van der Waals surface area contributed by atoms with Crippen LogP contribution < -0.4 is 5.32 Å². The molecule has 0 bridgehead atoms. The topological polar surface area (TPSA) is 12.0 Å². The van der Waals surface area contributed by atoms with Crippen molar-refractivity contribution in [3.8, 4) is 0 Å². The fourth-order valence-electron chi connectivity index (χ4n) is 2.14. The van der Waals surface area contributed by atoms with Crippen molar-refractivity contribution in [3.63, 3.8) is 0 Å². The lowest BCUT2D eigenvalue weighted by Crippen LogP contribution is -2.25. The van der Waals surface area contributed by atoms with Gasteiger partial charge in [0.05, 0.1) is 0 Å². The Balaban J connectivity index is 2.02. The van der Waals surface area contributed by atoms with Crippen LogP contribution in [0.2, 0.25) is 0 Å². The molecule has 2 atom stereocenters. The van der Waals surface area contributed by atoms with E-state index in [-0.39, 0.29) is 5.82 Å². The molecule has 0 aliphatic heterocycles. The third-order valence-electron chi connectivity index (χ3n) is 3.60. The molecule has 16 heavy (non-hydrogen) atoms. The normalized spacial score (nSPS) is 24.1. The largest absolute Gasteiger partial charge is 0.307 e. The first kappa shape index (κ1) is 11.6. The van der Waals surface area contributed by atoms with Crippen molar-refractivity contribution in [3.05, 3.63) is 35.6 Å². The van der Waals surface area contributed by atoms with Gasteiger partial charge < -0.3 is 5.32 Å². The summed E-state index contributed by atoms with van der Waals surface area (Å²) in [6, 6.07) is 7.81. The van der Waals surface area contributed by atoms with Crippen molar-refractivity contribution in [1.29, 1.82) is 0 Å². The number of nitrogens with one attached hydrogen (secondary N) is 1. The van der Waals surface area contributed by atoms with Gasteiger partial charge >= 0.3 is 0 Å². The van der Waals surface area contributed by atoms with Crippen LogP contribution in [0.3, 0.4) is 0 Å². The summed E-state index contributed by atoms with van der Waals surface area (Å²) in [5.41, 5.74) is 1.62. The fraction of sp³-hybridized carbons (Fsp3) is 0.571. The maximum Gasteiger partial charge on any atom is 0.123 e. The van der Waals surface area contributed by atoms with Crippen LogP contribution in [-0.4, -0.2) is 6.04 Å². The van der Waals surface area contributed by atoms with Gasteiger partial charge in [0.15, 0.2) is 0 Å². The smallest absolute Gasteiger partial charge is 0.123 e. The third kappa shape index (κ3) is 2.43. The molecule has 0 aromatic heterocycles. The van der Waals surface area contributed by atoms with E-state index in [0.717, 1.165) is 6.42 Å². The zero-order valence-corrected chi connectivity index (χ0v) is 10.3. The highest BCUT2D eigenvalue weighted by Crippen LogP contribution is 2.45. The number of hydrogen-bond donors (Lipinski definition) is 1. The molecule has 1 N–H and O–H groups in total. The van der Waals surface area contributed by atoms with E-state index >= 15 is 0 Å². The maximum atomic E-state index is 12.8. The molecule has 0 saturated heterocycles. The van der Waals surface area contributed by atoms with Crippen LogP contribution in [0.15, 0.2) is 24.3 Å². The van der Waals surface area contributed by atoms with Gasteiger partial charge in [0.25, 0.3) is 0 Å². The molecule has 0 spiro atoms. The lowest BCUT2D eigenvalue weighted by atomic mass is 10.0. The Labute approximate surface area is 97.1 Å². The van der Waals surface area contributed by atoms with Crippen LogP contribution in [-0.2, 0) is 0 Å². The second-order valence-electron chi connectivity index (χ2n) is 5.42. The van der Waals surface area contributed by atoms with E-state index in [1.165, 1.54) is 24.1 Å². The second kappa shape index (κ2) is 4.17. The Morgan fingerprint density at radius 3 is 2.38 bits per heavy atom. The molecule has 1 aromatic rings. The molecule has 0 radical (unpaired) electrons. The Morgan fingerprint density at radius 2 is 1.94 bits per heavy atom. The fourth-order valence-corrected chi connectivity index (χ4v) is 2.14. The minimum Gasteiger partial charge on any atom is -0.307 e. The molecule has 1 aliphatic rings. The Hall–Kier alpha value is -0.890. The Bertz CT molecular complexity index is 356. The third-order valence-corrected chi connectivity index (χ3v) is 3.60. The van der Waals surface area contributed by atoms with Gasteiger partial charge in [-0.05, 0) is 36.0 Å². The van der Waals surface area contributed by atoms with Crippen molar-refractivity contribution in [2.24, 2.45) is 5.41 Å². The van der Waals surface area contributed by atoms with E-state index in [1.807, 2.05) is 12.1 Å². The Morgan fingerprint density at radius 1 is 1.38 bits per heavy atom. The molecule has 1 nitrogen and oxygen atoms in total. The van der Waals surface area contributed by atoms with Gasteiger partial charge in [0.1, 0.15) is 5.82 Å². The summed E-state index contributed by atoms with van der Waals surface area (Å²) >= 11 is 0. The number of rotatable bonds is 4. The van der Waals surface area contributed by atoms with Crippen molar-refractivity contribution in [2.45, 2.75) is 45.7 Å². The first-order valence-corrected chi connectivity index (χ1v) is 6.04. The molecule has 1 aromatic carbocycles. The van der Waals surface area contributed by atoms with Gasteiger partial charge in [-0.15, -0.1) is 0 Å². The van der Waals surface area contributed by atoms with Crippen molar-refractivity contribution in [2.75, 3.05) is 0 Å². The highest BCUT2D eigenvalue weighted by molar-refractivity contribution is 5.21. The highest BCUT2D eigenvalue weighted by atomic mass is 19.1. The van der Waals surface area contributed by atoms with E-state index in [2.05, 4.69) is 26.1 Å². The minimum atomic E-state index is -0.162. The number of halogens is 1. The van der Waals surface area contributed by atoms with E-state index < -0.39 is 0 Å². The molecular formula is C14H20FN. The summed E-state index contributed by atoms with van der Waals surface area (Å²) < 4.78 is 12.8. The zero-order chi connectivity index (χ0) is 11.8. The second-order valence-corrected chi connectivity index (χ2v) is 5.42. The average Bonchev–Trinajstić information content (AvgIpc) is 2.84. The van der Waals surface area contributed by atoms with E-state index in [4.69, 9.17) is 0 Å². The summed E-state index contributed by atoms with van der Waals surface area (Å²) in [5.74, 6) is -0.162. The summed E-state index contributed by atoms with van der Waals surface area (Å²) in [5, 5.41) is 3.64. The first-order chi connectivity index (χ1) is 7.53. The van der Waals surface area contributed by atoms with Crippen LogP contribution in [0.4, 0.5) is 4.39 Å². The van der Waals surface area contributed by atoms with Crippen molar-refractivity contribution < 1.29 is 4.39 Å². The monoisotopic (exact) mass is 221 g/mol. The molecular weight excluding hydrogens is 201 g/mol. The van der Waals surface area contributed by atoms with Gasteiger partial charge in [-0.3, -0.25) is 0 Å². The van der Waals surface area contributed by atoms with Crippen LogP contribution in [0.25, 0.3) is 0 Å². The number of hydrogen-bond acceptors (Lipinski definition) is 1. The molecule has 2 rings (SSSR count). The highest BCUT2D eigenvalue weighted by Gasteiger charge is 2.46. The first-order valence-electron chi connectivity index (χ1n) is 6.04. The van der Waals surface area contributed by atoms with Crippen molar-refractivity contribution in [1.82, 2.24) is 5.32 Å². The molecule has 88 valence electrons. The summed E-state index contributed by atoms with van der Waals surface area (Å²) in [7, 11) is 0. The maximum absolute atomic E-state index is 12.8. The Kier molecular flexibility index (Phi) is 3.02. The minimum absolute atomic E-state index is 0.162. The summed E-state index contributed by atoms with van der Waals surface area (Å²) in [6.07, 6.45) is 2.28. The van der Waals surface area contributed by atoms with E-state index in [9.17, 15) is 4.39 Å². The van der Waals surface area contributed by atoms with Crippen LogP contribution in [0.1, 0.15) is 45.2 Å². The van der Waals surface area contributed by atoms with Gasteiger partial charge in [-0.1, -0.05) is 32.9 Å². The van der Waals surface area contributed by atoms with Gasteiger partial charge in [-0.2, -0.15) is 0 Å². The average molecular weight is 221 g/mol. The van der Waals surface area contributed by atoms with E-state index in [1.54, 1.807) is 0 Å². The molecule has 0 heterocycles. The zero-order valence-electron chi connectivity index (χ0n) is 10.3. The van der Waals surface area contributed by atoms with E-state index in [0.29, 0.717) is 17.5 Å². The van der Waals surface area contributed by atoms with Crippen molar-refractivity contribution >= 4 is 0 Å². The molecule has 1 saturated carbocycles. The van der Waals surface area contributed by atoms with Gasteiger partial charge in [-0.25, -0.2) is 4.39 Å². The SMILES string of the molecule is CCC(NC1CC1(C)C)c1ccc(F)cc1. The predicted octanol–water partition coefficient (Wildman–Crippen LogP) is 3.66. The van der Waals surface area contributed by atoms with Crippen LogP contribution in [0, 0.1) is 11.2 Å². The van der Waals surface area contributed by atoms with Gasteiger partial charge in [0, 0.05) is 12.1 Å².